The van der Waals surface area contributed by atoms with Crippen molar-refractivity contribution in [3.63, 3.8) is 0 Å². The van der Waals surface area contributed by atoms with Crippen LogP contribution in [-0.4, -0.2) is 46.5 Å². The molecule has 0 bridgehead atoms. The lowest BCUT2D eigenvalue weighted by Gasteiger charge is -2.30. The molecule has 0 aliphatic carbocycles. The molecule has 0 amide bonds. The zero-order valence-electron chi connectivity index (χ0n) is 14.3. The molecule has 1 fully saturated rings. The lowest BCUT2D eigenvalue weighted by Crippen LogP contribution is -2.46. The van der Waals surface area contributed by atoms with Gasteiger partial charge in [-0.2, -0.15) is 26.3 Å². The normalized spacial score (nSPS) is 18.4. The number of hydrogen-bond donors (Lipinski definition) is 1. The number of halogens is 6. The molecule has 1 aromatic carbocycles. The van der Waals surface area contributed by atoms with E-state index in [1.807, 2.05) is 0 Å². The van der Waals surface area contributed by atoms with Crippen LogP contribution in [0.2, 0.25) is 0 Å². The lowest BCUT2D eigenvalue weighted by molar-refractivity contribution is -0.143. The van der Waals surface area contributed by atoms with Gasteiger partial charge in [0.05, 0.1) is 22.3 Å². The van der Waals surface area contributed by atoms with Gasteiger partial charge in [-0.05, 0) is 31.0 Å². The summed E-state index contributed by atoms with van der Waals surface area (Å²) >= 11 is 0. The van der Waals surface area contributed by atoms with Gasteiger partial charge in [-0.15, -0.1) is 0 Å². The molecule has 0 radical (unpaired) electrons. The Labute approximate surface area is 157 Å². The maximum absolute atomic E-state index is 12.9. The monoisotopic (exact) mass is 454 g/mol. The molecule has 14 heteroatoms. The van der Waals surface area contributed by atoms with Crippen LogP contribution in [0, 0.1) is 0 Å². The number of rotatable bonds is 4. The Kier molecular flexibility index (Phi) is 6.10. The topological polar surface area (TPSA) is 83.6 Å². The zero-order valence-corrected chi connectivity index (χ0v) is 15.9. The predicted octanol–water partition coefficient (Wildman–Crippen LogP) is 2.43. The Balaban J connectivity index is 2.30. The van der Waals surface area contributed by atoms with E-state index in [9.17, 15) is 43.2 Å². The van der Waals surface area contributed by atoms with Gasteiger partial charge in [-0.25, -0.2) is 25.9 Å². The quantitative estimate of drug-likeness (QED) is 0.709. The molecule has 1 saturated heterocycles. The van der Waals surface area contributed by atoms with Gasteiger partial charge in [0.25, 0.3) is 0 Å². The van der Waals surface area contributed by atoms with Gasteiger partial charge in [0.1, 0.15) is 0 Å². The van der Waals surface area contributed by atoms with Crippen molar-refractivity contribution in [1.29, 1.82) is 0 Å². The molecule has 2 rings (SSSR count). The predicted molar refractivity (Wildman–Crippen MR) is 86.2 cm³/mol. The first-order chi connectivity index (χ1) is 12.5. The Morgan fingerprint density at radius 3 is 1.68 bits per heavy atom. The maximum Gasteiger partial charge on any atom is 0.416 e. The van der Waals surface area contributed by atoms with Gasteiger partial charge < -0.3 is 0 Å². The molecule has 1 aliphatic rings. The highest BCUT2D eigenvalue weighted by Crippen LogP contribution is 2.37. The van der Waals surface area contributed by atoms with Gasteiger partial charge >= 0.3 is 12.4 Å². The summed E-state index contributed by atoms with van der Waals surface area (Å²) in [6.07, 6.45) is -9.33. The second kappa shape index (κ2) is 7.46. The molecular weight excluding hydrogens is 438 g/mol. The molecule has 0 atom stereocenters. The average Bonchev–Trinajstić information content (AvgIpc) is 2.52. The number of nitrogens with zero attached hydrogens (tertiary/aromatic N) is 1. The Morgan fingerprint density at radius 2 is 1.32 bits per heavy atom. The minimum absolute atomic E-state index is 0.0252. The molecule has 0 unspecified atom stereocenters. The maximum atomic E-state index is 12.9. The minimum Gasteiger partial charge on any atom is -0.213 e. The van der Waals surface area contributed by atoms with Gasteiger partial charge in [0.2, 0.25) is 20.0 Å². The molecule has 1 N–H and O–H groups in total. The average molecular weight is 454 g/mol. The van der Waals surface area contributed by atoms with Crippen molar-refractivity contribution >= 4 is 20.0 Å². The second-order valence-electron chi connectivity index (χ2n) is 6.30. The Morgan fingerprint density at radius 1 is 0.893 bits per heavy atom. The fraction of sp³-hybridized carbons (Fsp3) is 0.571. The molecule has 160 valence electrons. The van der Waals surface area contributed by atoms with Crippen molar-refractivity contribution in [2.75, 3.05) is 19.3 Å². The Bertz CT molecular complexity index is 901. The van der Waals surface area contributed by atoms with Crippen molar-refractivity contribution in [2.24, 2.45) is 0 Å². The fourth-order valence-corrected chi connectivity index (χ4v) is 4.92. The number of alkyl halides is 6. The minimum atomic E-state index is -5.17. The fourth-order valence-electron chi connectivity index (χ4n) is 2.67. The first-order valence-corrected chi connectivity index (χ1v) is 11.1. The van der Waals surface area contributed by atoms with E-state index in [1.165, 1.54) is 0 Å². The van der Waals surface area contributed by atoms with Crippen LogP contribution in [-0.2, 0) is 32.4 Å². The molecule has 1 aromatic rings. The summed E-state index contributed by atoms with van der Waals surface area (Å²) in [4.78, 5) is -1.17. The highest BCUT2D eigenvalue weighted by atomic mass is 32.2. The summed E-state index contributed by atoms with van der Waals surface area (Å²) < 4.78 is 128. The van der Waals surface area contributed by atoms with Crippen LogP contribution in [0.3, 0.4) is 0 Å². The van der Waals surface area contributed by atoms with Gasteiger partial charge in [-0.3, -0.25) is 0 Å². The molecule has 0 saturated carbocycles. The molecule has 28 heavy (non-hydrogen) atoms. The summed E-state index contributed by atoms with van der Waals surface area (Å²) in [5.74, 6) is 0. The number of benzene rings is 1. The third-order valence-electron chi connectivity index (χ3n) is 4.12. The third kappa shape index (κ3) is 5.58. The Hall–Kier alpha value is -1.38. The smallest absolute Gasteiger partial charge is 0.213 e. The molecule has 1 heterocycles. The highest BCUT2D eigenvalue weighted by molar-refractivity contribution is 7.89. The van der Waals surface area contributed by atoms with E-state index in [1.54, 1.807) is 0 Å². The zero-order chi connectivity index (χ0) is 21.5. The molecule has 0 spiro atoms. The largest absolute Gasteiger partial charge is 0.416 e. The first kappa shape index (κ1) is 22.9. The van der Waals surface area contributed by atoms with Crippen molar-refractivity contribution in [3.8, 4) is 0 Å². The van der Waals surface area contributed by atoms with Crippen LogP contribution in [0.5, 0.6) is 0 Å². The SMILES string of the molecule is CS(=O)(=O)N1CCC(NS(=O)(=O)c2cc(C(F)(F)F)cc(C(F)(F)F)c2)CC1. The summed E-state index contributed by atoms with van der Waals surface area (Å²) in [5, 5.41) is 0. The van der Waals surface area contributed by atoms with Crippen LogP contribution >= 0.6 is 0 Å². The van der Waals surface area contributed by atoms with E-state index < -0.39 is 54.5 Å². The standard InChI is InChI=1S/C14H16F6N2O4S2/c1-27(23,24)22-4-2-11(3-5-22)21-28(25,26)12-7-9(13(15,16)17)6-10(8-12)14(18,19)20/h6-8,11,21H,2-5H2,1H3. The highest BCUT2D eigenvalue weighted by Gasteiger charge is 2.38. The van der Waals surface area contributed by atoms with E-state index in [0.29, 0.717) is 0 Å². The van der Waals surface area contributed by atoms with Crippen molar-refractivity contribution in [2.45, 2.75) is 36.1 Å². The van der Waals surface area contributed by atoms with E-state index in [2.05, 4.69) is 4.72 Å². The first-order valence-electron chi connectivity index (χ1n) is 7.77. The van der Waals surface area contributed by atoms with Crippen molar-refractivity contribution < 1.29 is 43.2 Å². The second-order valence-corrected chi connectivity index (χ2v) is 10.00. The van der Waals surface area contributed by atoms with E-state index in [-0.39, 0.29) is 44.1 Å². The van der Waals surface area contributed by atoms with Gasteiger partial charge in [0.15, 0.2) is 0 Å². The third-order valence-corrected chi connectivity index (χ3v) is 6.92. The van der Waals surface area contributed by atoms with E-state index >= 15 is 0 Å². The van der Waals surface area contributed by atoms with Crippen LogP contribution < -0.4 is 4.72 Å². The van der Waals surface area contributed by atoms with E-state index in [0.717, 1.165) is 10.6 Å². The number of piperidine rings is 1. The summed E-state index contributed by atoms with van der Waals surface area (Å²) in [6, 6.07) is -0.734. The summed E-state index contributed by atoms with van der Waals surface area (Å²) in [6.45, 7) is -0.0508. The summed E-state index contributed by atoms with van der Waals surface area (Å²) in [7, 11) is -8.18. The summed E-state index contributed by atoms with van der Waals surface area (Å²) in [5.41, 5.74) is -3.48. The van der Waals surface area contributed by atoms with Gasteiger partial charge in [-0.1, -0.05) is 0 Å². The molecule has 1 aliphatic heterocycles. The van der Waals surface area contributed by atoms with Crippen LogP contribution in [0.4, 0.5) is 26.3 Å². The van der Waals surface area contributed by atoms with Gasteiger partial charge in [0, 0.05) is 19.1 Å². The number of sulfonamides is 2. The lowest BCUT2D eigenvalue weighted by atomic mass is 10.1. The van der Waals surface area contributed by atoms with Crippen molar-refractivity contribution in [3.05, 3.63) is 29.3 Å². The van der Waals surface area contributed by atoms with Crippen LogP contribution in [0.1, 0.15) is 24.0 Å². The molecule has 0 aromatic heterocycles. The number of hydrogen-bond acceptors (Lipinski definition) is 4. The number of nitrogens with one attached hydrogen (secondary N) is 1. The molecular formula is C14H16F6N2O4S2. The van der Waals surface area contributed by atoms with E-state index in [4.69, 9.17) is 0 Å². The van der Waals surface area contributed by atoms with Crippen LogP contribution in [0.25, 0.3) is 0 Å². The van der Waals surface area contributed by atoms with Crippen molar-refractivity contribution in [1.82, 2.24) is 9.03 Å². The van der Waals surface area contributed by atoms with Crippen LogP contribution in [0.15, 0.2) is 23.1 Å². The molecule has 6 nitrogen and oxygen atoms in total.